The van der Waals surface area contributed by atoms with Gasteiger partial charge in [0.25, 0.3) is 5.56 Å². The molecule has 0 saturated heterocycles. The molecule has 0 amide bonds. The van der Waals surface area contributed by atoms with Gasteiger partial charge in [0, 0.05) is 11.5 Å². The first-order chi connectivity index (χ1) is 10.9. The van der Waals surface area contributed by atoms with Gasteiger partial charge < -0.3 is 9.47 Å². The Morgan fingerprint density at radius 3 is 2.57 bits per heavy atom. The third-order valence-corrected chi connectivity index (χ3v) is 3.75. The zero-order valence-corrected chi connectivity index (χ0v) is 14.3. The van der Waals surface area contributed by atoms with E-state index in [4.69, 9.17) is 9.47 Å². The number of pyridine rings is 1. The summed E-state index contributed by atoms with van der Waals surface area (Å²) in [7, 11) is 1.55. The maximum absolute atomic E-state index is 12.5. The molecule has 23 heavy (non-hydrogen) atoms. The zero-order valence-electron chi connectivity index (χ0n) is 14.3. The molecule has 5 heteroatoms. The highest BCUT2D eigenvalue weighted by Crippen LogP contribution is 2.28. The van der Waals surface area contributed by atoms with Crippen molar-refractivity contribution in [2.75, 3.05) is 13.7 Å². The molecule has 0 radical (unpaired) electrons. The maximum Gasteiger partial charge on any atom is 0.328 e. The number of nitrogens with zero attached hydrogens (tertiary/aromatic N) is 1. The van der Waals surface area contributed by atoms with Crippen LogP contribution < -0.4 is 10.3 Å². The summed E-state index contributed by atoms with van der Waals surface area (Å²) in [6, 6.07) is 6.37. The van der Waals surface area contributed by atoms with Crippen LogP contribution >= 0.6 is 0 Å². The molecule has 0 bridgehead atoms. The fraction of sp³-hybridized carbons (Fsp3) is 0.444. The Morgan fingerprint density at radius 1 is 1.26 bits per heavy atom. The zero-order chi connectivity index (χ0) is 17.1. The van der Waals surface area contributed by atoms with Gasteiger partial charge in [0.2, 0.25) is 0 Å². The van der Waals surface area contributed by atoms with E-state index in [0.29, 0.717) is 17.9 Å². The topological polar surface area (TPSA) is 57.5 Å². The SMILES string of the molecule is COc1cccc2c(C)cc(=O)n(C(C)C(=O)OCC(C)C)c12. The van der Waals surface area contributed by atoms with Crippen LogP contribution in [0.4, 0.5) is 0 Å². The molecule has 2 aromatic rings. The van der Waals surface area contributed by atoms with Crippen LogP contribution in [0.5, 0.6) is 5.75 Å². The van der Waals surface area contributed by atoms with Crippen molar-refractivity contribution in [1.82, 2.24) is 4.57 Å². The van der Waals surface area contributed by atoms with Crippen LogP contribution in [0.15, 0.2) is 29.1 Å². The second-order valence-electron chi connectivity index (χ2n) is 6.09. The third kappa shape index (κ3) is 3.38. The molecular weight excluding hydrogens is 294 g/mol. The molecule has 1 unspecified atom stereocenters. The monoisotopic (exact) mass is 317 g/mol. The number of methoxy groups -OCH3 is 1. The van der Waals surface area contributed by atoms with Crippen LogP contribution in [0.3, 0.4) is 0 Å². The summed E-state index contributed by atoms with van der Waals surface area (Å²) in [5.41, 5.74) is 1.23. The van der Waals surface area contributed by atoms with Crippen molar-refractivity contribution in [3.63, 3.8) is 0 Å². The molecule has 124 valence electrons. The summed E-state index contributed by atoms with van der Waals surface area (Å²) in [5, 5.41) is 0.882. The highest BCUT2D eigenvalue weighted by atomic mass is 16.5. The number of aryl methyl sites for hydroxylation is 1. The number of rotatable bonds is 5. The molecule has 0 aliphatic heterocycles. The Morgan fingerprint density at radius 2 is 1.96 bits per heavy atom. The number of hydrogen-bond acceptors (Lipinski definition) is 4. The van der Waals surface area contributed by atoms with Gasteiger partial charge in [-0.3, -0.25) is 9.36 Å². The fourth-order valence-corrected chi connectivity index (χ4v) is 2.56. The molecule has 0 saturated carbocycles. The van der Waals surface area contributed by atoms with E-state index in [0.717, 1.165) is 10.9 Å². The molecule has 0 N–H and O–H groups in total. The fourth-order valence-electron chi connectivity index (χ4n) is 2.56. The highest BCUT2D eigenvalue weighted by Gasteiger charge is 2.22. The molecule has 1 heterocycles. The van der Waals surface area contributed by atoms with Crippen molar-refractivity contribution in [3.8, 4) is 5.75 Å². The summed E-state index contributed by atoms with van der Waals surface area (Å²) < 4.78 is 12.1. The number of ether oxygens (including phenoxy) is 2. The minimum Gasteiger partial charge on any atom is -0.495 e. The lowest BCUT2D eigenvalue weighted by atomic mass is 10.1. The van der Waals surface area contributed by atoms with Crippen molar-refractivity contribution in [1.29, 1.82) is 0 Å². The van der Waals surface area contributed by atoms with Crippen LogP contribution in [0.25, 0.3) is 10.9 Å². The highest BCUT2D eigenvalue weighted by molar-refractivity contribution is 5.89. The van der Waals surface area contributed by atoms with Crippen molar-refractivity contribution in [3.05, 3.63) is 40.2 Å². The number of hydrogen-bond donors (Lipinski definition) is 0. The number of fused-ring (bicyclic) bond motifs is 1. The first kappa shape index (κ1) is 17.1. The Hall–Kier alpha value is -2.30. The van der Waals surface area contributed by atoms with E-state index >= 15 is 0 Å². The Kier molecular flexibility index (Phi) is 5.08. The average molecular weight is 317 g/mol. The van der Waals surface area contributed by atoms with E-state index in [1.807, 2.05) is 32.9 Å². The number of aromatic nitrogens is 1. The van der Waals surface area contributed by atoms with Crippen LogP contribution in [0, 0.1) is 12.8 Å². The second kappa shape index (κ2) is 6.86. The average Bonchev–Trinajstić information content (AvgIpc) is 2.51. The van der Waals surface area contributed by atoms with E-state index in [-0.39, 0.29) is 11.5 Å². The summed E-state index contributed by atoms with van der Waals surface area (Å²) >= 11 is 0. The van der Waals surface area contributed by atoms with Gasteiger partial charge in [-0.25, -0.2) is 4.79 Å². The number of para-hydroxylation sites is 1. The van der Waals surface area contributed by atoms with Gasteiger partial charge in [-0.2, -0.15) is 0 Å². The number of benzene rings is 1. The van der Waals surface area contributed by atoms with Crippen LogP contribution in [0.2, 0.25) is 0 Å². The lowest BCUT2D eigenvalue weighted by Gasteiger charge is -2.20. The van der Waals surface area contributed by atoms with Gasteiger partial charge >= 0.3 is 5.97 Å². The lowest BCUT2D eigenvalue weighted by molar-refractivity contribution is -0.148. The number of carbonyl (C=O) groups is 1. The summed E-state index contributed by atoms with van der Waals surface area (Å²) in [5.74, 6) is 0.385. The van der Waals surface area contributed by atoms with E-state index < -0.39 is 12.0 Å². The Bertz CT molecular complexity index is 776. The maximum atomic E-state index is 12.5. The van der Waals surface area contributed by atoms with Crippen LogP contribution in [0.1, 0.15) is 32.4 Å². The Balaban J connectivity index is 2.59. The van der Waals surface area contributed by atoms with E-state index in [2.05, 4.69) is 0 Å². The normalized spacial score (nSPS) is 12.4. The predicted octanol–water partition coefficient (Wildman–Crippen LogP) is 3.08. The second-order valence-corrected chi connectivity index (χ2v) is 6.09. The smallest absolute Gasteiger partial charge is 0.328 e. The molecule has 1 aromatic heterocycles. The lowest BCUT2D eigenvalue weighted by Crippen LogP contribution is -2.30. The van der Waals surface area contributed by atoms with Crippen molar-refractivity contribution < 1.29 is 14.3 Å². The van der Waals surface area contributed by atoms with Crippen LogP contribution in [-0.4, -0.2) is 24.3 Å². The minimum absolute atomic E-state index is 0.242. The number of esters is 1. The quantitative estimate of drug-likeness (QED) is 0.795. The first-order valence-electron chi connectivity index (χ1n) is 7.72. The van der Waals surface area contributed by atoms with E-state index in [1.165, 1.54) is 10.6 Å². The molecule has 1 atom stereocenters. The first-order valence-corrected chi connectivity index (χ1v) is 7.72. The van der Waals surface area contributed by atoms with Crippen LogP contribution in [-0.2, 0) is 9.53 Å². The standard InChI is InChI=1S/C18H23NO4/c1-11(2)10-23-18(21)13(4)19-16(20)9-12(3)14-7-6-8-15(22-5)17(14)19/h6-9,11,13H,10H2,1-5H3. The predicted molar refractivity (Wildman–Crippen MR) is 90.0 cm³/mol. The summed E-state index contributed by atoms with van der Waals surface area (Å²) in [6.07, 6.45) is 0. The molecule has 2 rings (SSSR count). The number of carbonyl (C=O) groups excluding carboxylic acids is 1. The minimum atomic E-state index is -0.722. The van der Waals surface area contributed by atoms with Gasteiger partial charge in [0.05, 0.1) is 19.2 Å². The molecule has 1 aromatic carbocycles. The van der Waals surface area contributed by atoms with Gasteiger partial charge in [-0.15, -0.1) is 0 Å². The van der Waals surface area contributed by atoms with E-state index in [1.54, 1.807) is 20.1 Å². The molecule has 0 aliphatic carbocycles. The Labute approximate surface area is 135 Å². The molecule has 0 aliphatic rings. The molecule has 0 fully saturated rings. The van der Waals surface area contributed by atoms with Crippen molar-refractivity contribution >= 4 is 16.9 Å². The summed E-state index contributed by atoms with van der Waals surface area (Å²) in [4.78, 5) is 24.8. The van der Waals surface area contributed by atoms with Crippen molar-refractivity contribution in [2.45, 2.75) is 33.7 Å². The van der Waals surface area contributed by atoms with Crippen molar-refractivity contribution in [2.24, 2.45) is 5.92 Å². The van der Waals surface area contributed by atoms with E-state index in [9.17, 15) is 9.59 Å². The largest absolute Gasteiger partial charge is 0.495 e. The van der Waals surface area contributed by atoms with Gasteiger partial charge in [-0.05, 0) is 31.4 Å². The van der Waals surface area contributed by atoms with Gasteiger partial charge in [0.15, 0.2) is 0 Å². The molecule has 0 spiro atoms. The third-order valence-electron chi connectivity index (χ3n) is 3.75. The van der Waals surface area contributed by atoms with Gasteiger partial charge in [-0.1, -0.05) is 26.0 Å². The molecule has 5 nitrogen and oxygen atoms in total. The molecular formula is C18H23NO4. The van der Waals surface area contributed by atoms with Gasteiger partial charge in [0.1, 0.15) is 11.8 Å². The summed E-state index contributed by atoms with van der Waals surface area (Å²) in [6.45, 7) is 7.81.